The molecule has 1 aromatic carbocycles. The summed E-state index contributed by atoms with van der Waals surface area (Å²) in [5.74, 6) is 0.413. The van der Waals surface area contributed by atoms with Gasteiger partial charge in [-0.1, -0.05) is 55.5 Å². The lowest BCUT2D eigenvalue weighted by molar-refractivity contribution is -0.123. The van der Waals surface area contributed by atoms with Gasteiger partial charge in [-0.2, -0.15) is 0 Å². The number of aromatic nitrogens is 2. The van der Waals surface area contributed by atoms with Gasteiger partial charge >= 0.3 is 0 Å². The molecule has 2 aromatic rings. The van der Waals surface area contributed by atoms with Gasteiger partial charge in [0.1, 0.15) is 0 Å². The molecule has 5 heteroatoms. The number of hydrogen-bond acceptors (Lipinski definition) is 4. The maximum absolute atomic E-state index is 12.9. The van der Waals surface area contributed by atoms with Crippen LogP contribution in [0.3, 0.4) is 0 Å². The van der Waals surface area contributed by atoms with Crippen LogP contribution in [0.5, 0.6) is 0 Å². The van der Waals surface area contributed by atoms with Gasteiger partial charge in [0.2, 0.25) is 11.9 Å². The summed E-state index contributed by atoms with van der Waals surface area (Å²) in [4.78, 5) is 21.8. The number of carbonyl (C=O) groups is 1. The van der Waals surface area contributed by atoms with Crippen molar-refractivity contribution in [3.63, 3.8) is 0 Å². The van der Waals surface area contributed by atoms with E-state index in [1.807, 2.05) is 54.6 Å². The minimum absolute atomic E-state index is 0.00819. The molecule has 2 unspecified atom stereocenters. The Hall–Kier alpha value is -3.47. The number of para-hydroxylation sites is 1. The van der Waals surface area contributed by atoms with Gasteiger partial charge in [-0.3, -0.25) is 4.79 Å². The second-order valence-corrected chi connectivity index (χ2v) is 7.25. The van der Waals surface area contributed by atoms with E-state index in [-0.39, 0.29) is 17.7 Å². The van der Waals surface area contributed by atoms with Gasteiger partial charge in [0.15, 0.2) is 0 Å². The molecule has 1 amide bonds. The molecule has 0 fully saturated rings. The van der Waals surface area contributed by atoms with Crippen LogP contribution in [0.4, 0.5) is 11.6 Å². The first-order chi connectivity index (χ1) is 14.2. The molecular weight excluding hydrogens is 360 g/mol. The highest BCUT2D eigenvalue weighted by Gasteiger charge is 2.25. The Morgan fingerprint density at radius 2 is 1.97 bits per heavy atom. The third kappa shape index (κ3) is 4.69. The van der Waals surface area contributed by atoms with E-state index in [1.165, 1.54) is 0 Å². The van der Waals surface area contributed by atoms with E-state index >= 15 is 0 Å². The zero-order chi connectivity index (χ0) is 20.1. The predicted octanol–water partition coefficient (Wildman–Crippen LogP) is 4.78. The zero-order valence-electron chi connectivity index (χ0n) is 16.4. The smallest absolute Gasteiger partial charge is 0.231 e. The van der Waals surface area contributed by atoms with E-state index in [0.29, 0.717) is 5.95 Å². The molecule has 2 N–H and O–H groups in total. The van der Waals surface area contributed by atoms with Crippen molar-refractivity contribution in [2.24, 2.45) is 11.8 Å². The Labute approximate surface area is 171 Å². The fourth-order valence-corrected chi connectivity index (χ4v) is 3.42. The van der Waals surface area contributed by atoms with Crippen LogP contribution in [0.15, 0.2) is 84.7 Å². The molecule has 0 spiro atoms. The van der Waals surface area contributed by atoms with Crippen LogP contribution in [0.1, 0.15) is 25.5 Å². The van der Waals surface area contributed by atoms with Gasteiger partial charge in [0, 0.05) is 17.6 Å². The molecule has 2 aliphatic rings. The lowest BCUT2D eigenvalue weighted by Gasteiger charge is -2.23. The summed E-state index contributed by atoms with van der Waals surface area (Å²) in [5.41, 5.74) is 3.53. The average molecular weight is 384 g/mol. The Morgan fingerprint density at radius 1 is 1.10 bits per heavy atom. The number of hydrogen-bond donors (Lipinski definition) is 2. The van der Waals surface area contributed by atoms with Crippen molar-refractivity contribution in [2.75, 3.05) is 5.32 Å². The van der Waals surface area contributed by atoms with E-state index in [0.717, 1.165) is 35.5 Å². The molecule has 1 heterocycles. The molecule has 5 nitrogen and oxygen atoms in total. The predicted molar refractivity (Wildman–Crippen MR) is 116 cm³/mol. The van der Waals surface area contributed by atoms with Gasteiger partial charge in [-0.05, 0) is 48.6 Å². The second kappa shape index (κ2) is 8.69. The van der Waals surface area contributed by atoms with Crippen molar-refractivity contribution in [1.29, 1.82) is 0 Å². The van der Waals surface area contributed by atoms with Gasteiger partial charge in [-0.25, -0.2) is 9.97 Å². The number of carbonyl (C=O) groups excluding carboxylic acids is 1. The molecule has 2 aliphatic carbocycles. The number of benzene rings is 1. The van der Waals surface area contributed by atoms with Crippen molar-refractivity contribution < 1.29 is 4.79 Å². The van der Waals surface area contributed by atoms with Crippen molar-refractivity contribution in [3.8, 4) is 0 Å². The summed E-state index contributed by atoms with van der Waals surface area (Å²) in [6.07, 6.45) is 15.9. The lowest BCUT2D eigenvalue weighted by atomic mass is 9.85. The molecule has 0 radical (unpaired) electrons. The maximum Gasteiger partial charge on any atom is 0.231 e. The third-order valence-corrected chi connectivity index (χ3v) is 5.05. The fraction of sp³-hybridized carbons (Fsp3) is 0.208. The maximum atomic E-state index is 12.9. The van der Waals surface area contributed by atoms with E-state index in [1.54, 1.807) is 6.20 Å². The second-order valence-electron chi connectivity index (χ2n) is 7.25. The van der Waals surface area contributed by atoms with E-state index in [9.17, 15) is 4.79 Å². The van der Waals surface area contributed by atoms with Crippen LogP contribution < -0.4 is 10.6 Å². The number of rotatable bonds is 5. The quantitative estimate of drug-likeness (QED) is 0.779. The van der Waals surface area contributed by atoms with Crippen LogP contribution >= 0.6 is 0 Å². The van der Waals surface area contributed by atoms with Crippen molar-refractivity contribution in [3.05, 3.63) is 90.4 Å². The van der Waals surface area contributed by atoms with E-state index in [4.69, 9.17) is 0 Å². The number of allylic oxidation sites excluding steroid dienone is 6. The molecule has 1 aromatic heterocycles. The van der Waals surface area contributed by atoms with Crippen molar-refractivity contribution in [1.82, 2.24) is 15.3 Å². The van der Waals surface area contributed by atoms with Gasteiger partial charge in [0.05, 0.1) is 11.6 Å². The summed E-state index contributed by atoms with van der Waals surface area (Å²) in [7, 11) is 0. The number of nitrogens with one attached hydrogen (secondary N) is 2. The van der Waals surface area contributed by atoms with Crippen LogP contribution in [0, 0.1) is 11.8 Å². The van der Waals surface area contributed by atoms with Crippen LogP contribution in [0.25, 0.3) is 5.57 Å². The van der Waals surface area contributed by atoms with Gasteiger partial charge in [0.25, 0.3) is 0 Å². The first-order valence-corrected chi connectivity index (χ1v) is 9.92. The summed E-state index contributed by atoms with van der Waals surface area (Å²) < 4.78 is 0. The molecule has 0 bridgehead atoms. The Balaban J connectivity index is 1.53. The summed E-state index contributed by atoms with van der Waals surface area (Å²) >= 11 is 0. The van der Waals surface area contributed by atoms with Crippen molar-refractivity contribution in [2.45, 2.75) is 19.8 Å². The van der Waals surface area contributed by atoms with Gasteiger partial charge in [-0.15, -0.1) is 0 Å². The molecule has 0 saturated carbocycles. The minimum Gasteiger partial charge on any atom is -0.326 e. The normalized spacial score (nSPS) is 20.6. The topological polar surface area (TPSA) is 66.9 Å². The summed E-state index contributed by atoms with van der Waals surface area (Å²) in [6, 6.07) is 11.7. The van der Waals surface area contributed by atoms with Crippen molar-refractivity contribution >= 4 is 23.1 Å². The first kappa shape index (κ1) is 18.9. The van der Waals surface area contributed by atoms with E-state index in [2.05, 4.69) is 45.8 Å². The highest BCUT2D eigenvalue weighted by molar-refractivity contribution is 5.87. The molecule has 146 valence electrons. The van der Waals surface area contributed by atoms with Crippen LogP contribution in [-0.4, -0.2) is 15.9 Å². The molecule has 0 aliphatic heterocycles. The molecule has 29 heavy (non-hydrogen) atoms. The molecule has 2 atom stereocenters. The minimum atomic E-state index is -0.244. The Morgan fingerprint density at radius 3 is 2.76 bits per heavy atom. The lowest BCUT2D eigenvalue weighted by Crippen LogP contribution is -2.33. The van der Waals surface area contributed by atoms with Crippen LogP contribution in [-0.2, 0) is 4.79 Å². The number of anilines is 2. The van der Waals surface area contributed by atoms with E-state index < -0.39 is 0 Å². The summed E-state index contributed by atoms with van der Waals surface area (Å²) in [5, 5.41) is 6.26. The standard InChI is InChI=1S/C24H24N4O/c1-17-12-13-18(16-21(17)23(29)26-19-8-4-2-5-9-19)22-14-15-25-24(28-22)27-20-10-6-3-7-11-20/h3-4,6-17,21H,2,5H2,1H3,(H,26,29)(H,25,27,28). The number of amides is 1. The monoisotopic (exact) mass is 384 g/mol. The zero-order valence-corrected chi connectivity index (χ0v) is 16.4. The molecule has 0 saturated heterocycles. The Bertz CT molecular complexity index is 1000. The highest BCUT2D eigenvalue weighted by Crippen LogP contribution is 2.28. The largest absolute Gasteiger partial charge is 0.326 e. The Kier molecular flexibility index (Phi) is 5.66. The van der Waals surface area contributed by atoms with Gasteiger partial charge < -0.3 is 10.6 Å². The molecular formula is C24H24N4O. The highest BCUT2D eigenvalue weighted by atomic mass is 16.1. The third-order valence-electron chi connectivity index (χ3n) is 5.05. The average Bonchev–Trinajstić information content (AvgIpc) is 2.76. The number of nitrogens with zero attached hydrogens (tertiary/aromatic N) is 2. The summed E-state index contributed by atoms with van der Waals surface area (Å²) in [6.45, 7) is 2.06. The molecule has 4 rings (SSSR count). The van der Waals surface area contributed by atoms with Crippen LogP contribution in [0.2, 0.25) is 0 Å². The fourth-order valence-electron chi connectivity index (χ4n) is 3.42. The first-order valence-electron chi connectivity index (χ1n) is 9.92. The SMILES string of the molecule is CC1C=CC(c2ccnc(Nc3ccccc3)n2)=CC1C(=O)NC1=CCCC=C1.